The Kier molecular flexibility index (Phi) is 4.51. The first kappa shape index (κ1) is 10.8. The lowest BCUT2D eigenvalue weighted by Gasteiger charge is -1.98. The van der Waals surface area contributed by atoms with E-state index in [1.807, 2.05) is 12.1 Å². The highest BCUT2D eigenvalue weighted by molar-refractivity contribution is 7.98. The van der Waals surface area contributed by atoms with Gasteiger partial charge in [0, 0.05) is 5.75 Å². The lowest BCUT2D eigenvalue weighted by molar-refractivity contribution is 0.532. The molecule has 0 N–H and O–H groups in total. The van der Waals surface area contributed by atoms with Crippen molar-refractivity contribution in [3.05, 3.63) is 23.1 Å². The van der Waals surface area contributed by atoms with E-state index in [0.717, 1.165) is 5.76 Å². The highest BCUT2D eigenvalue weighted by Gasteiger charge is 2.04. The van der Waals surface area contributed by atoms with Crippen molar-refractivity contribution in [1.82, 2.24) is 0 Å². The lowest BCUT2D eigenvalue weighted by Crippen LogP contribution is -1.97. The smallest absolute Gasteiger partial charge is 0.193 e. The predicted molar refractivity (Wildman–Crippen MR) is 55.1 cm³/mol. The minimum absolute atomic E-state index is 0.387. The first-order chi connectivity index (χ1) is 6.22. The second-order valence-electron chi connectivity index (χ2n) is 2.32. The Balaban J connectivity index is 2.25. The van der Waals surface area contributed by atoms with Crippen LogP contribution in [0.3, 0.4) is 0 Å². The van der Waals surface area contributed by atoms with Gasteiger partial charge >= 0.3 is 0 Å². The number of thioether (sulfide) groups is 1. The van der Waals surface area contributed by atoms with Gasteiger partial charge in [0.1, 0.15) is 11.1 Å². The number of alkyl halides is 1. The molecular weight excluding hydrogens is 229 g/mol. The lowest BCUT2D eigenvalue weighted by atomic mass is 10.5. The number of rotatable bonds is 4. The van der Waals surface area contributed by atoms with Crippen molar-refractivity contribution in [2.75, 3.05) is 5.75 Å². The van der Waals surface area contributed by atoms with E-state index in [-0.39, 0.29) is 0 Å². The molecular formula is C8H7Cl2NOS. The second kappa shape index (κ2) is 5.43. The molecule has 0 saturated heterocycles. The Hall–Kier alpha value is -0.300. The SMILES string of the molecule is N#CC(Cl)CSCc1ccc(Cl)o1. The van der Waals surface area contributed by atoms with Gasteiger partial charge in [0.05, 0.1) is 11.8 Å². The minimum atomic E-state index is -0.435. The van der Waals surface area contributed by atoms with Gasteiger partial charge in [-0.3, -0.25) is 0 Å². The summed E-state index contributed by atoms with van der Waals surface area (Å²) >= 11 is 12.7. The molecule has 1 unspecified atom stereocenters. The normalized spacial score (nSPS) is 12.4. The van der Waals surface area contributed by atoms with Crippen LogP contribution in [0.25, 0.3) is 0 Å². The van der Waals surface area contributed by atoms with Gasteiger partial charge in [0.25, 0.3) is 0 Å². The van der Waals surface area contributed by atoms with Crippen LogP contribution in [0.15, 0.2) is 16.5 Å². The summed E-state index contributed by atoms with van der Waals surface area (Å²) in [5, 5.41) is 8.35. The molecule has 0 aliphatic heterocycles. The summed E-state index contributed by atoms with van der Waals surface area (Å²) < 4.78 is 5.12. The summed E-state index contributed by atoms with van der Waals surface area (Å²) in [5.41, 5.74) is 0. The Morgan fingerprint density at radius 3 is 2.92 bits per heavy atom. The van der Waals surface area contributed by atoms with Crippen molar-refractivity contribution in [2.24, 2.45) is 0 Å². The van der Waals surface area contributed by atoms with E-state index in [1.165, 1.54) is 0 Å². The third-order valence-corrected chi connectivity index (χ3v) is 2.97. The zero-order valence-corrected chi connectivity index (χ0v) is 8.99. The van der Waals surface area contributed by atoms with E-state index in [9.17, 15) is 0 Å². The number of halogens is 2. The Morgan fingerprint density at radius 1 is 1.62 bits per heavy atom. The molecule has 13 heavy (non-hydrogen) atoms. The maximum Gasteiger partial charge on any atom is 0.193 e. The molecule has 0 bridgehead atoms. The monoisotopic (exact) mass is 235 g/mol. The van der Waals surface area contributed by atoms with E-state index >= 15 is 0 Å². The van der Waals surface area contributed by atoms with E-state index in [2.05, 4.69) is 0 Å². The van der Waals surface area contributed by atoms with Crippen LogP contribution in [-0.2, 0) is 5.75 Å². The fourth-order valence-electron chi connectivity index (χ4n) is 0.730. The van der Waals surface area contributed by atoms with Gasteiger partial charge in [-0.15, -0.1) is 11.6 Å². The second-order valence-corrected chi connectivity index (χ2v) is 4.25. The van der Waals surface area contributed by atoms with Crippen molar-refractivity contribution < 1.29 is 4.42 Å². The maximum absolute atomic E-state index is 8.40. The van der Waals surface area contributed by atoms with E-state index in [1.54, 1.807) is 17.8 Å². The third-order valence-electron chi connectivity index (χ3n) is 1.28. The van der Waals surface area contributed by atoms with Crippen molar-refractivity contribution >= 4 is 35.0 Å². The Labute approximate surface area is 90.8 Å². The predicted octanol–water partition coefficient (Wildman–Crippen LogP) is 3.30. The van der Waals surface area contributed by atoms with Gasteiger partial charge < -0.3 is 4.42 Å². The third kappa shape index (κ3) is 3.95. The molecule has 0 aromatic carbocycles. The van der Waals surface area contributed by atoms with Crippen LogP contribution >= 0.6 is 35.0 Å². The zero-order chi connectivity index (χ0) is 9.68. The fraction of sp³-hybridized carbons (Fsp3) is 0.375. The maximum atomic E-state index is 8.40. The molecule has 1 atom stereocenters. The summed E-state index contributed by atoms with van der Waals surface area (Å²) in [6.07, 6.45) is 0. The van der Waals surface area contributed by atoms with Crippen molar-refractivity contribution in [2.45, 2.75) is 11.1 Å². The quantitative estimate of drug-likeness (QED) is 0.752. The number of nitrogens with zero attached hydrogens (tertiary/aromatic N) is 1. The number of hydrogen-bond acceptors (Lipinski definition) is 3. The largest absolute Gasteiger partial charge is 0.449 e. The van der Waals surface area contributed by atoms with Gasteiger partial charge in [0.15, 0.2) is 5.22 Å². The van der Waals surface area contributed by atoms with Crippen LogP contribution in [0.1, 0.15) is 5.76 Å². The summed E-state index contributed by atoms with van der Waals surface area (Å²) in [4.78, 5) is 0. The first-order valence-electron chi connectivity index (χ1n) is 3.58. The minimum Gasteiger partial charge on any atom is -0.449 e. The van der Waals surface area contributed by atoms with E-state index < -0.39 is 5.38 Å². The molecule has 0 aliphatic carbocycles. The molecule has 1 heterocycles. The summed E-state index contributed by atoms with van der Waals surface area (Å²) in [6.45, 7) is 0. The van der Waals surface area contributed by atoms with Gasteiger partial charge in [-0.2, -0.15) is 17.0 Å². The summed E-state index contributed by atoms with van der Waals surface area (Å²) in [6, 6.07) is 5.45. The molecule has 5 heteroatoms. The molecule has 2 nitrogen and oxygen atoms in total. The highest BCUT2D eigenvalue weighted by Crippen LogP contribution is 2.19. The molecule has 0 saturated carbocycles. The average molecular weight is 236 g/mol. The standard InChI is InChI=1S/C8H7Cl2NOS/c9-6(3-11)4-13-5-7-1-2-8(10)12-7/h1-2,6H,4-5H2. The molecule has 0 fully saturated rings. The molecule has 1 aromatic rings. The molecule has 1 aromatic heterocycles. The van der Waals surface area contributed by atoms with Gasteiger partial charge in [-0.05, 0) is 23.7 Å². The van der Waals surface area contributed by atoms with E-state index in [0.29, 0.717) is 16.7 Å². The van der Waals surface area contributed by atoms with Gasteiger partial charge in [-0.1, -0.05) is 0 Å². The van der Waals surface area contributed by atoms with Crippen LogP contribution in [0.2, 0.25) is 5.22 Å². The van der Waals surface area contributed by atoms with Gasteiger partial charge in [-0.25, -0.2) is 0 Å². The number of nitriles is 1. The van der Waals surface area contributed by atoms with Crippen LogP contribution in [-0.4, -0.2) is 11.1 Å². The first-order valence-corrected chi connectivity index (χ1v) is 5.55. The number of hydrogen-bond donors (Lipinski definition) is 0. The molecule has 0 radical (unpaired) electrons. The Bertz CT molecular complexity index is 307. The topological polar surface area (TPSA) is 36.9 Å². The van der Waals surface area contributed by atoms with Crippen LogP contribution < -0.4 is 0 Å². The average Bonchev–Trinajstić information content (AvgIpc) is 2.51. The number of furan rings is 1. The van der Waals surface area contributed by atoms with Crippen LogP contribution in [0.4, 0.5) is 0 Å². The van der Waals surface area contributed by atoms with E-state index in [4.69, 9.17) is 32.9 Å². The summed E-state index contributed by atoms with van der Waals surface area (Å²) in [7, 11) is 0. The van der Waals surface area contributed by atoms with Crippen LogP contribution in [0, 0.1) is 11.3 Å². The fourth-order valence-corrected chi connectivity index (χ4v) is 1.91. The zero-order valence-electron chi connectivity index (χ0n) is 6.67. The molecule has 0 spiro atoms. The van der Waals surface area contributed by atoms with Crippen molar-refractivity contribution in [1.29, 1.82) is 5.26 Å². The van der Waals surface area contributed by atoms with Crippen LogP contribution in [0.5, 0.6) is 0 Å². The molecule has 1 rings (SSSR count). The summed E-state index contributed by atoms with van der Waals surface area (Å²) in [5.74, 6) is 2.09. The molecule has 0 amide bonds. The highest BCUT2D eigenvalue weighted by atomic mass is 35.5. The Morgan fingerprint density at radius 2 is 2.38 bits per heavy atom. The molecule has 70 valence electrons. The van der Waals surface area contributed by atoms with Gasteiger partial charge in [0.2, 0.25) is 0 Å². The van der Waals surface area contributed by atoms with Crippen molar-refractivity contribution in [3.63, 3.8) is 0 Å². The molecule has 0 aliphatic rings. The van der Waals surface area contributed by atoms with Crippen molar-refractivity contribution in [3.8, 4) is 6.07 Å².